The molecule has 0 spiro atoms. The first-order valence-corrected chi connectivity index (χ1v) is 5.71. The smallest absolute Gasteiger partial charge is 0.128 e. The second-order valence-corrected chi connectivity index (χ2v) is 5.53. The largest absolute Gasteiger partial charge is 0.359 e. The van der Waals surface area contributed by atoms with E-state index in [0.717, 1.165) is 23.6 Å². The molecule has 0 radical (unpaired) electrons. The molecule has 0 aliphatic rings. The van der Waals surface area contributed by atoms with E-state index in [1.165, 1.54) is 0 Å². The normalized spacial score (nSPS) is 11.6. The van der Waals surface area contributed by atoms with Gasteiger partial charge in [-0.3, -0.25) is 0 Å². The summed E-state index contributed by atoms with van der Waals surface area (Å²) in [6.45, 7) is 10.2. The second kappa shape index (κ2) is 4.83. The quantitative estimate of drug-likeness (QED) is 0.851. The molecule has 0 aliphatic carbocycles. The van der Waals surface area contributed by atoms with E-state index in [1.807, 2.05) is 13.0 Å². The fourth-order valence-corrected chi connectivity index (χ4v) is 1.80. The molecule has 0 unspecified atom stereocenters. The van der Waals surface area contributed by atoms with Gasteiger partial charge in [-0.1, -0.05) is 26.8 Å². The van der Waals surface area contributed by atoms with E-state index < -0.39 is 0 Å². The molecule has 0 amide bonds. The van der Waals surface area contributed by atoms with Gasteiger partial charge in [0.25, 0.3) is 0 Å². The summed E-state index contributed by atoms with van der Waals surface area (Å²) in [6, 6.07) is 4.11. The van der Waals surface area contributed by atoms with Gasteiger partial charge in [0.05, 0.1) is 0 Å². The number of nitrogens with two attached hydrogens (primary N) is 1. The Bertz CT molecular complexity index is 353. The summed E-state index contributed by atoms with van der Waals surface area (Å²) in [5, 5.41) is 0. The summed E-state index contributed by atoms with van der Waals surface area (Å²) in [5.74, 6) is 1.02. The highest BCUT2D eigenvalue weighted by Crippen LogP contribution is 2.19. The summed E-state index contributed by atoms with van der Waals surface area (Å²) in [7, 11) is 2.08. The van der Waals surface area contributed by atoms with Crippen molar-refractivity contribution in [2.45, 2.75) is 34.2 Å². The minimum Gasteiger partial charge on any atom is -0.359 e. The molecule has 0 aliphatic heterocycles. The number of aryl methyl sites for hydroxylation is 1. The van der Waals surface area contributed by atoms with Gasteiger partial charge < -0.3 is 10.6 Å². The van der Waals surface area contributed by atoms with Crippen LogP contribution in [0.2, 0.25) is 0 Å². The molecule has 1 aromatic heterocycles. The van der Waals surface area contributed by atoms with E-state index in [9.17, 15) is 0 Å². The van der Waals surface area contributed by atoms with E-state index in [1.54, 1.807) is 0 Å². The van der Waals surface area contributed by atoms with Crippen molar-refractivity contribution >= 4 is 5.82 Å². The van der Waals surface area contributed by atoms with Crippen molar-refractivity contribution in [1.82, 2.24) is 4.98 Å². The minimum absolute atomic E-state index is 0.275. The summed E-state index contributed by atoms with van der Waals surface area (Å²) >= 11 is 0. The van der Waals surface area contributed by atoms with Crippen LogP contribution in [0.1, 0.15) is 32.0 Å². The highest BCUT2D eigenvalue weighted by atomic mass is 15.2. The number of hydrogen-bond donors (Lipinski definition) is 1. The molecule has 1 rings (SSSR count). The lowest BCUT2D eigenvalue weighted by Gasteiger charge is -2.27. The molecule has 3 nitrogen and oxygen atoms in total. The predicted octanol–water partition coefficient (Wildman–Crippen LogP) is 2.33. The van der Waals surface area contributed by atoms with Gasteiger partial charge in [0.2, 0.25) is 0 Å². The van der Waals surface area contributed by atoms with Crippen molar-refractivity contribution in [1.29, 1.82) is 0 Å². The molecule has 3 heteroatoms. The summed E-state index contributed by atoms with van der Waals surface area (Å²) < 4.78 is 0. The number of aromatic nitrogens is 1. The maximum absolute atomic E-state index is 5.62. The zero-order chi connectivity index (χ0) is 12.3. The number of hydrogen-bond acceptors (Lipinski definition) is 3. The van der Waals surface area contributed by atoms with Crippen molar-refractivity contribution in [3.8, 4) is 0 Å². The molecule has 0 aromatic carbocycles. The molecular formula is C13H23N3. The van der Waals surface area contributed by atoms with Crippen LogP contribution >= 0.6 is 0 Å². The summed E-state index contributed by atoms with van der Waals surface area (Å²) in [4.78, 5) is 6.76. The monoisotopic (exact) mass is 221 g/mol. The first-order valence-electron chi connectivity index (χ1n) is 5.71. The first kappa shape index (κ1) is 13.0. The van der Waals surface area contributed by atoms with Crippen LogP contribution in [0.15, 0.2) is 12.1 Å². The highest BCUT2D eigenvalue weighted by molar-refractivity contribution is 5.41. The van der Waals surface area contributed by atoms with Gasteiger partial charge in [0, 0.05) is 25.8 Å². The molecule has 0 fully saturated rings. The third-order valence-electron chi connectivity index (χ3n) is 2.50. The van der Waals surface area contributed by atoms with Gasteiger partial charge in [0.1, 0.15) is 5.82 Å². The Balaban J connectivity index is 2.85. The zero-order valence-corrected chi connectivity index (χ0v) is 11.0. The van der Waals surface area contributed by atoms with Crippen LogP contribution in [-0.2, 0) is 6.54 Å². The molecule has 0 saturated heterocycles. The maximum atomic E-state index is 5.62. The molecule has 0 atom stereocenters. The lowest BCUT2D eigenvalue weighted by molar-refractivity contribution is 0.417. The van der Waals surface area contributed by atoms with Gasteiger partial charge in [0.15, 0.2) is 0 Å². The van der Waals surface area contributed by atoms with Crippen molar-refractivity contribution < 1.29 is 0 Å². The first-order chi connectivity index (χ1) is 7.33. The molecular weight excluding hydrogens is 198 g/mol. The van der Waals surface area contributed by atoms with Gasteiger partial charge in [-0.25, -0.2) is 4.98 Å². The van der Waals surface area contributed by atoms with Gasteiger partial charge in [-0.15, -0.1) is 0 Å². The number of nitrogens with zero attached hydrogens (tertiary/aromatic N) is 2. The Labute approximate surface area is 98.7 Å². The molecule has 0 bridgehead atoms. The Morgan fingerprint density at radius 3 is 2.38 bits per heavy atom. The Kier molecular flexibility index (Phi) is 3.92. The van der Waals surface area contributed by atoms with Crippen molar-refractivity contribution in [3.05, 3.63) is 23.4 Å². The number of anilines is 1. The average molecular weight is 221 g/mol. The van der Waals surface area contributed by atoms with E-state index in [2.05, 4.69) is 43.8 Å². The molecule has 1 heterocycles. The SMILES string of the molecule is Cc1nc(N(C)CC(C)(C)C)ccc1CN. The van der Waals surface area contributed by atoms with Crippen LogP contribution in [0.5, 0.6) is 0 Å². The molecule has 90 valence electrons. The van der Waals surface area contributed by atoms with E-state index in [0.29, 0.717) is 6.54 Å². The topological polar surface area (TPSA) is 42.2 Å². The third-order valence-corrected chi connectivity index (χ3v) is 2.50. The minimum atomic E-state index is 0.275. The van der Waals surface area contributed by atoms with Crippen LogP contribution in [0.25, 0.3) is 0 Å². The van der Waals surface area contributed by atoms with Gasteiger partial charge >= 0.3 is 0 Å². The van der Waals surface area contributed by atoms with Crippen LogP contribution in [0, 0.1) is 12.3 Å². The van der Waals surface area contributed by atoms with Crippen LogP contribution in [-0.4, -0.2) is 18.6 Å². The number of pyridine rings is 1. The van der Waals surface area contributed by atoms with Crippen LogP contribution < -0.4 is 10.6 Å². The fraction of sp³-hybridized carbons (Fsp3) is 0.615. The van der Waals surface area contributed by atoms with Crippen molar-refractivity contribution in [3.63, 3.8) is 0 Å². The second-order valence-electron chi connectivity index (χ2n) is 5.53. The Morgan fingerprint density at radius 1 is 1.31 bits per heavy atom. The highest BCUT2D eigenvalue weighted by Gasteiger charge is 2.15. The third kappa shape index (κ3) is 3.49. The Hall–Kier alpha value is -1.09. The fourth-order valence-electron chi connectivity index (χ4n) is 1.80. The van der Waals surface area contributed by atoms with Crippen molar-refractivity contribution in [2.24, 2.45) is 11.1 Å². The maximum Gasteiger partial charge on any atom is 0.128 e. The zero-order valence-electron chi connectivity index (χ0n) is 11.0. The van der Waals surface area contributed by atoms with Gasteiger partial charge in [-0.2, -0.15) is 0 Å². The molecule has 0 saturated carbocycles. The lowest BCUT2D eigenvalue weighted by atomic mass is 9.96. The van der Waals surface area contributed by atoms with Crippen molar-refractivity contribution in [2.75, 3.05) is 18.5 Å². The molecule has 2 N–H and O–H groups in total. The molecule has 16 heavy (non-hydrogen) atoms. The van der Waals surface area contributed by atoms with E-state index >= 15 is 0 Å². The van der Waals surface area contributed by atoms with E-state index in [-0.39, 0.29) is 5.41 Å². The summed E-state index contributed by atoms with van der Waals surface area (Å²) in [6.07, 6.45) is 0. The lowest BCUT2D eigenvalue weighted by Crippen LogP contribution is -2.29. The number of rotatable bonds is 3. The predicted molar refractivity (Wildman–Crippen MR) is 69.6 cm³/mol. The Morgan fingerprint density at radius 2 is 1.94 bits per heavy atom. The van der Waals surface area contributed by atoms with Crippen LogP contribution in [0.4, 0.5) is 5.82 Å². The van der Waals surface area contributed by atoms with E-state index in [4.69, 9.17) is 5.73 Å². The van der Waals surface area contributed by atoms with Crippen LogP contribution in [0.3, 0.4) is 0 Å². The van der Waals surface area contributed by atoms with Gasteiger partial charge in [-0.05, 0) is 24.0 Å². The summed E-state index contributed by atoms with van der Waals surface area (Å²) in [5.41, 5.74) is 8.05. The standard InChI is InChI=1S/C13H23N3/c1-10-11(8-14)6-7-12(15-10)16(5)9-13(2,3)4/h6-7H,8-9,14H2,1-5H3. The average Bonchev–Trinajstić information content (AvgIpc) is 2.15. The molecule has 1 aromatic rings.